The van der Waals surface area contributed by atoms with Gasteiger partial charge in [0.25, 0.3) is 0 Å². The molecule has 1 aromatic heterocycles. The number of para-hydroxylation sites is 2. The Morgan fingerprint density at radius 1 is 1.17 bits per heavy atom. The van der Waals surface area contributed by atoms with E-state index in [0.717, 1.165) is 40.3 Å². The Balaban J connectivity index is 0.00000300. The largest absolute Gasteiger partial charge is 0.357 e. The van der Waals surface area contributed by atoms with Gasteiger partial charge in [-0.05, 0) is 48.6 Å². The third-order valence-corrected chi connectivity index (χ3v) is 5.11. The molecule has 0 spiro atoms. The van der Waals surface area contributed by atoms with Crippen LogP contribution in [0.15, 0.2) is 47.5 Å². The van der Waals surface area contributed by atoms with Crippen molar-refractivity contribution in [3.05, 3.63) is 65.2 Å². The first-order valence-electron chi connectivity index (χ1n) is 9.31. The highest BCUT2D eigenvalue weighted by atomic mass is 127. The third kappa shape index (κ3) is 6.08. The van der Waals surface area contributed by atoms with Crippen molar-refractivity contribution in [2.45, 2.75) is 25.8 Å². The Bertz CT molecular complexity index is 973. The Hall–Kier alpha value is -1.81. The van der Waals surface area contributed by atoms with E-state index >= 15 is 0 Å². The van der Waals surface area contributed by atoms with Crippen molar-refractivity contribution in [2.75, 3.05) is 12.8 Å². The molecule has 0 atom stereocenters. The number of aromatic nitrogens is 2. The van der Waals surface area contributed by atoms with Gasteiger partial charge in [-0.1, -0.05) is 18.2 Å². The van der Waals surface area contributed by atoms with E-state index in [-0.39, 0.29) is 29.8 Å². The number of aliphatic imine (C=N–C) groups is 1. The number of aryl methyl sites for hydroxylation is 1. The highest BCUT2D eigenvalue weighted by Gasteiger charge is 2.08. The van der Waals surface area contributed by atoms with E-state index < -0.39 is 0 Å². The normalized spacial score (nSPS) is 11.4. The number of rotatable bonds is 7. The van der Waals surface area contributed by atoms with E-state index in [9.17, 15) is 4.39 Å². The van der Waals surface area contributed by atoms with Gasteiger partial charge in [0.05, 0.1) is 24.1 Å². The lowest BCUT2D eigenvalue weighted by Gasteiger charge is -2.12. The summed E-state index contributed by atoms with van der Waals surface area (Å²) in [5.74, 6) is 2.22. The Kier molecular flexibility index (Phi) is 9.22. The maximum atomic E-state index is 13.5. The topological polar surface area (TPSA) is 54.2 Å². The number of fused-ring (bicyclic) bond motifs is 1. The van der Waals surface area contributed by atoms with Crippen molar-refractivity contribution in [3.63, 3.8) is 0 Å². The molecule has 2 aromatic carbocycles. The molecule has 0 fully saturated rings. The Labute approximate surface area is 192 Å². The first-order chi connectivity index (χ1) is 13.6. The lowest BCUT2D eigenvalue weighted by molar-refractivity contribution is 0.625. The average molecular weight is 527 g/mol. The van der Waals surface area contributed by atoms with Gasteiger partial charge < -0.3 is 15.2 Å². The highest BCUT2D eigenvalue weighted by Crippen LogP contribution is 2.18. The molecule has 5 nitrogen and oxygen atoms in total. The SMILES string of the molecule is CCNC(=NCc1ccc(F)cc1CSC)NCc1nc2ccccc2n1C.I. The molecule has 0 aliphatic carbocycles. The van der Waals surface area contributed by atoms with Crippen LogP contribution in [0, 0.1) is 5.82 Å². The number of hydrogen-bond donors (Lipinski definition) is 2. The van der Waals surface area contributed by atoms with Crippen LogP contribution in [0.25, 0.3) is 11.0 Å². The van der Waals surface area contributed by atoms with Gasteiger partial charge in [0.2, 0.25) is 0 Å². The molecule has 3 aromatic rings. The van der Waals surface area contributed by atoms with Gasteiger partial charge in [0, 0.05) is 19.3 Å². The summed E-state index contributed by atoms with van der Waals surface area (Å²) >= 11 is 1.68. The van der Waals surface area contributed by atoms with E-state index in [0.29, 0.717) is 19.0 Å². The van der Waals surface area contributed by atoms with E-state index in [4.69, 9.17) is 0 Å². The lowest BCUT2D eigenvalue weighted by atomic mass is 10.1. The molecule has 0 saturated heterocycles. The molecule has 0 amide bonds. The second-order valence-electron chi connectivity index (χ2n) is 6.47. The number of nitrogens with zero attached hydrogens (tertiary/aromatic N) is 3. The monoisotopic (exact) mass is 527 g/mol. The number of halogens is 2. The zero-order chi connectivity index (χ0) is 19.9. The molecule has 0 radical (unpaired) electrons. The van der Waals surface area contributed by atoms with E-state index in [1.807, 2.05) is 44.5 Å². The predicted octanol–water partition coefficient (Wildman–Crippen LogP) is 4.45. The van der Waals surface area contributed by atoms with Gasteiger partial charge in [-0.2, -0.15) is 11.8 Å². The van der Waals surface area contributed by atoms with Gasteiger partial charge >= 0.3 is 0 Å². The second kappa shape index (κ2) is 11.4. The number of guanidine groups is 1. The molecule has 0 unspecified atom stereocenters. The van der Waals surface area contributed by atoms with Crippen LogP contribution >= 0.6 is 35.7 Å². The molecule has 8 heteroatoms. The van der Waals surface area contributed by atoms with Crippen LogP contribution in [0.3, 0.4) is 0 Å². The van der Waals surface area contributed by atoms with Crippen LogP contribution in [-0.2, 0) is 25.9 Å². The van der Waals surface area contributed by atoms with Gasteiger partial charge in [-0.15, -0.1) is 24.0 Å². The van der Waals surface area contributed by atoms with Crippen LogP contribution in [0.4, 0.5) is 4.39 Å². The number of hydrogen-bond acceptors (Lipinski definition) is 3. The fraction of sp³-hybridized carbons (Fsp3) is 0.333. The van der Waals surface area contributed by atoms with E-state index in [2.05, 4.69) is 31.2 Å². The van der Waals surface area contributed by atoms with Crippen LogP contribution in [0.5, 0.6) is 0 Å². The summed E-state index contributed by atoms with van der Waals surface area (Å²) in [6.07, 6.45) is 2.01. The highest BCUT2D eigenvalue weighted by molar-refractivity contribution is 14.0. The molecule has 0 saturated carbocycles. The summed E-state index contributed by atoms with van der Waals surface area (Å²) in [4.78, 5) is 9.36. The smallest absolute Gasteiger partial charge is 0.191 e. The minimum atomic E-state index is -0.205. The number of nitrogens with one attached hydrogen (secondary N) is 2. The fourth-order valence-corrected chi connectivity index (χ4v) is 3.64. The van der Waals surface area contributed by atoms with Crippen molar-refractivity contribution >= 4 is 52.7 Å². The molecule has 29 heavy (non-hydrogen) atoms. The predicted molar refractivity (Wildman–Crippen MR) is 131 cm³/mol. The van der Waals surface area contributed by atoms with E-state index in [1.54, 1.807) is 17.8 Å². The summed E-state index contributed by atoms with van der Waals surface area (Å²) in [6, 6.07) is 13.0. The minimum absolute atomic E-state index is 0. The summed E-state index contributed by atoms with van der Waals surface area (Å²) in [5.41, 5.74) is 4.11. The Morgan fingerprint density at radius 3 is 2.69 bits per heavy atom. The number of benzene rings is 2. The van der Waals surface area contributed by atoms with Gasteiger partial charge in [-0.3, -0.25) is 0 Å². The molecule has 3 rings (SSSR count). The second-order valence-corrected chi connectivity index (χ2v) is 7.34. The summed E-state index contributed by atoms with van der Waals surface area (Å²) in [5, 5.41) is 6.61. The lowest BCUT2D eigenvalue weighted by Crippen LogP contribution is -2.37. The van der Waals surface area contributed by atoms with Crippen LogP contribution < -0.4 is 10.6 Å². The first kappa shape index (κ1) is 23.5. The van der Waals surface area contributed by atoms with Crippen LogP contribution in [0.1, 0.15) is 23.9 Å². The zero-order valence-electron chi connectivity index (χ0n) is 16.9. The standard InChI is InChI=1S/C21H26FN5S.HI/c1-4-23-21(24-12-15-9-10-17(22)11-16(15)14-28-3)25-13-20-26-18-7-5-6-8-19(18)27(20)2;/h5-11H,4,12-14H2,1-3H3,(H2,23,24,25);1H. The zero-order valence-corrected chi connectivity index (χ0v) is 20.1. The fourth-order valence-electron chi connectivity index (χ4n) is 3.06. The molecule has 1 heterocycles. The molecule has 0 aliphatic rings. The third-order valence-electron chi connectivity index (χ3n) is 4.51. The molecular formula is C21H27FIN5S. The summed E-state index contributed by atoms with van der Waals surface area (Å²) in [7, 11) is 2.02. The van der Waals surface area contributed by atoms with Gasteiger partial charge in [-0.25, -0.2) is 14.4 Å². The van der Waals surface area contributed by atoms with Crippen molar-refractivity contribution in [1.82, 2.24) is 20.2 Å². The maximum Gasteiger partial charge on any atom is 0.191 e. The Morgan fingerprint density at radius 2 is 1.97 bits per heavy atom. The van der Waals surface area contributed by atoms with Crippen LogP contribution in [0.2, 0.25) is 0 Å². The first-order valence-corrected chi connectivity index (χ1v) is 10.7. The van der Waals surface area contributed by atoms with Crippen molar-refractivity contribution in [2.24, 2.45) is 12.0 Å². The quantitative estimate of drug-likeness (QED) is 0.271. The molecular weight excluding hydrogens is 500 g/mol. The summed E-state index contributed by atoms with van der Waals surface area (Å²) in [6.45, 7) is 3.85. The molecule has 0 bridgehead atoms. The number of thioether (sulfide) groups is 1. The van der Waals surface area contributed by atoms with E-state index in [1.165, 1.54) is 6.07 Å². The van der Waals surface area contributed by atoms with Crippen molar-refractivity contribution < 1.29 is 4.39 Å². The molecule has 2 N–H and O–H groups in total. The maximum absolute atomic E-state index is 13.5. The van der Waals surface area contributed by atoms with Gasteiger partial charge in [0.1, 0.15) is 11.6 Å². The molecule has 156 valence electrons. The van der Waals surface area contributed by atoms with Gasteiger partial charge in [0.15, 0.2) is 5.96 Å². The number of imidazole rings is 1. The molecule has 0 aliphatic heterocycles. The summed E-state index contributed by atoms with van der Waals surface area (Å²) < 4.78 is 15.6. The van der Waals surface area contributed by atoms with Crippen molar-refractivity contribution in [1.29, 1.82) is 0 Å². The average Bonchev–Trinajstić information content (AvgIpc) is 3.01. The minimum Gasteiger partial charge on any atom is -0.357 e. The van der Waals surface area contributed by atoms with Crippen LogP contribution in [-0.4, -0.2) is 28.3 Å². The van der Waals surface area contributed by atoms with Crippen molar-refractivity contribution in [3.8, 4) is 0 Å².